The fourth-order valence-corrected chi connectivity index (χ4v) is 10.0. The minimum Gasteiger partial charge on any atom is -0.307 e. The second-order valence-electron chi connectivity index (χ2n) is 9.81. The van der Waals surface area contributed by atoms with Crippen LogP contribution in [0.2, 0.25) is 0 Å². The summed E-state index contributed by atoms with van der Waals surface area (Å²) in [6.45, 7) is 2.09. The number of hydrogen-bond donors (Lipinski definition) is 1. The second-order valence-corrected chi connectivity index (χ2v) is 12.0. The van der Waals surface area contributed by atoms with E-state index in [2.05, 4.69) is 24.0 Å². The summed E-state index contributed by atoms with van der Waals surface area (Å²) in [5.41, 5.74) is 2.82. The van der Waals surface area contributed by atoms with Crippen molar-refractivity contribution in [2.75, 3.05) is 4.90 Å². The minimum absolute atomic E-state index is 0.0325. The van der Waals surface area contributed by atoms with Crippen LogP contribution in [0.3, 0.4) is 0 Å². The number of H-pyrrole nitrogens is 1. The highest BCUT2D eigenvalue weighted by atomic mass is 32.2. The lowest BCUT2D eigenvalue weighted by molar-refractivity contribution is -0.123. The van der Waals surface area contributed by atoms with Crippen molar-refractivity contribution in [1.82, 2.24) is 4.98 Å². The molecule has 2 aliphatic heterocycles. The van der Waals surface area contributed by atoms with E-state index in [-0.39, 0.29) is 57.4 Å². The third-order valence-corrected chi connectivity index (χ3v) is 10.9. The summed E-state index contributed by atoms with van der Waals surface area (Å²) in [4.78, 5) is 44.9. The molecule has 2 aromatic carbocycles. The molecule has 34 heavy (non-hydrogen) atoms. The number of amides is 2. The number of carbonyl (C=O) groups is 2. The molecule has 3 fully saturated rings. The van der Waals surface area contributed by atoms with Crippen molar-refractivity contribution < 1.29 is 14.0 Å². The fraction of sp³-hybridized carbons (Fsp3) is 0.346. The van der Waals surface area contributed by atoms with Gasteiger partial charge in [-0.2, -0.15) is 0 Å². The molecule has 7 atom stereocenters. The quantitative estimate of drug-likeness (QED) is 0.533. The van der Waals surface area contributed by atoms with Crippen LogP contribution in [0.25, 0.3) is 0 Å². The highest BCUT2D eigenvalue weighted by Crippen LogP contribution is 2.68. The van der Waals surface area contributed by atoms with E-state index in [4.69, 9.17) is 0 Å². The van der Waals surface area contributed by atoms with Gasteiger partial charge in [-0.15, -0.1) is 11.8 Å². The maximum atomic E-state index is 13.7. The third kappa shape index (κ3) is 2.64. The molecule has 1 aromatic heterocycles. The molecule has 2 aliphatic carbocycles. The molecule has 2 amide bonds. The Labute approximate surface area is 203 Å². The number of halogens is 1. The number of benzene rings is 2. The summed E-state index contributed by atoms with van der Waals surface area (Å²) in [6.07, 6.45) is 0.855. The molecular weight excluding hydrogens is 471 g/mol. The summed E-state index contributed by atoms with van der Waals surface area (Å²) in [5.74, 6) is -1.05. The van der Waals surface area contributed by atoms with E-state index in [9.17, 15) is 18.8 Å². The molecule has 3 heterocycles. The Bertz CT molecular complexity index is 1410. The predicted octanol–water partition coefficient (Wildman–Crippen LogP) is 4.56. The maximum Gasteiger partial charge on any atom is 0.305 e. The van der Waals surface area contributed by atoms with Crippen molar-refractivity contribution in [2.24, 2.45) is 29.6 Å². The molecule has 7 rings (SSSR count). The van der Waals surface area contributed by atoms with Crippen LogP contribution < -0.4 is 9.77 Å². The topological polar surface area (TPSA) is 70.2 Å². The van der Waals surface area contributed by atoms with Gasteiger partial charge in [0, 0.05) is 16.0 Å². The van der Waals surface area contributed by atoms with E-state index in [1.54, 1.807) is 11.8 Å². The number of thioether (sulfide) groups is 1. The van der Waals surface area contributed by atoms with Gasteiger partial charge in [-0.3, -0.25) is 19.3 Å². The highest BCUT2D eigenvalue weighted by Gasteiger charge is 2.69. The molecular formula is C26H21FN2O3S2. The Morgan fingerprint density at radius 1 is 0.971 bits per heavy atom. The molecule has 2 bridgehead atoms. The lowest BCUT2D eigenvalue weighted by Crippen LogP contribution is -2.42. The zero-order chi connectivity index (χ0) is 23.3. The molecule has 2 saturated carbocycles. The van der Waals surface area contributed by atoms with Gasteiger partial charge in [-0.25, -0.2) is 4.39 Å². The number of carbonyl (C=O) groups excluding carboxylic acids is 2. The number of nitrogens with one attached hydrogen (secondary N) is 1. The van der Waals surface area contributed by atoms with Gasteiger partial charge in [0.05, 0.1) is 22.5 Å². The van der Waals surface area contributed by atoms with E-state index in [1.165, 1.54) is 51.6 Å². The van der Waals surface area contributed by atoms with Gasteiger partial charge in [0.25, 0.3) is 0 Å². The van der Waals surface area contributed by atoms with Crippen molar-refractivity contribution in [1.29, 1.82) is 0 Å². The number of aromatic amines is 1. The van der Waals surface area contributed by atoms with Crippen molar-refractivity contribution in [3.8, 4) is 0 Å². The molecule has 0 spiro atoms. The number of aromatic nitrogens is 1. The Morgan fingerprint density at radius 2 is 1.68 bits per heavy atom. The van der Waals surface area contributed by atoms with Gasteiger partial charge < -0.3 is 4.98 Å². The molecule has 3 aromatic rings. The van der Waals surface area contributed by atoms with E-state index >= 15 is 0 Å². The Morgan fingerprint density at radius 3 is 2.41 bits per heavy atom. The lowest BCUT2D eigenvalue weighted by Gasteiger charge is -2.43. The van der Waals surface area contributed by atoms with Gasteiger partial charge in [-0.05, 0) is 66.5 Å². The Hall–Kier alpha value is -2.71. The zero-order valence-electron chi connectivity index (χ0n) is 18.2. The number of imide groups is 1. The zero-order valence-corrected chi connectivity index (χ0v) is 19.9. The van der Waals surface area contributed by atoms with E-state index in [0.29, 0.717) is 5.69 Å². The second kappa shape index (κ2) is 7.15. The largest absolute Gasteiger partial charge is 0.307 e. The number of fused-ring (bicyclic) bond motifs is 9. The lowest BCUT2D eigenvalue weighted by atomic mass is 9.67. The van der Waals surface area contributed by atoms with Crippen molar-refractivity contribution in [2.45, 2.75) is 29.5 Å². The summed E-state index contributed by atoms with van der Waals surface area (Å²) in [7, 11) is 0. The van der Waals surface area contributed by atoms with Crippen molar-refractivity contribution >= 4 is 40.6 Å². The molecule has 4 aliphatic rings. The fourth-order valence-electron chi connectivity index (χ4n) is 7.15. The maximum absolute atomic E-state index is 13.7. The summed E-state index contributed by atoms with van der Waals surface area (Å²) < 4.78 is 13.5. The average Bonchev–Trinajstić information content (AvgIpc) is 3.54. The van der Waals surface area contributed by atoms with Crippen LogP contribution in [-0.2, 0) is 9.59 Å². The first-order valence-electron chi connectivity index (χ1n) is 11.5. The number of aryl methyl sites for hydroxylation is 1. The molecule has 0 radical (unpaired) electrons. The van der Waals surface area contributed by atoms with Crippen LogP contribution in [0.5, 0.6) is 0 Å². The van der Waals surface area contributed by atoms with Gasteiger partial charge in [0.2, 0.25) is 11.8 Å². The van der Waals surface area contributed by atoms with Crippen LogP contribution in [0.15, 0.2) is 58.4 Å². The number of anilines is 1. The smallest absolute Gasteiger partial charge is 0.305 e. The number of nitrogens with zero attached hydrogens (tertiary/aromatic N) is 1. The summed E-state index contributed by atoms with van der Waals surface area (Å²) in [5, 5.41) is 1.08. The Kier molecular flexibility index (Phi) is 4.34. The van der Waals surface area contributed by atoms with Crippen molar-refractivity contribution in [3.05, 3.63) is 80.0 Å². The van der Waals surface area contributed by atoms with Crippen LogP contribution >= 0.6 is 23.1 Å². The van der Waals surface area contributed by atoms with Crippen LogP contribution in [0.4, 0.5) is 10.1 Å². The third-order valence-electron chi connectivity index (χ3n) is 8.33. The first-order valence-corrected chi connectivity index (χ1v) is 13.2. The average molecular weight is 493 g/mol. The molecule has 5 nitrogen and oxygen atoms in total. The van der Waals surface area contributed by atoms with E-state index in [1.807, 2.05) is 12.1 Å². The van der Waals surface area contributed by atoms with E-state index in [0.717, 1.165) is 16.3 Å². The molecule has 8 heteroatoms. The normalized spacial score (nSPS) is 33.2. The summed E-state index contributed by atoms with van der Waals surface area (Å²) in [6, 6.07) is 13.9. The highest BCUT2D eigenvalue weighted by molar-refractivity contribution is 8.00. The molecule has 0 unspecified atom stereocenters. The molecule has 1 saturated heterocycles. The van der Waals surface area contributed by atoms with Gasteiger partial charge in [0.15, 0.2) is 0 Å². The van der Waals surface area contributed by atoms with Gasteiger partial charge in [-0.1, -0.05) is 35.6 Å². The first-order chi connectivity index (χ1) is 16.4. The number of thiazole rings is 1. The Balaban J connectivity index is 1.34. The van der Waals surface area contributed by atoms with Crippen molar-refractivity contribution in [3.63, 3.8) is 0 Å². The first kappa shape index (κ1) is 20.6. The minimum atomic E-state index is -0.397. The van der Waals surface area contributed by atoms with E-state index < -0.39 is 5.82 Å². The molecule has 1 N–H and O–H groups in total. The number of hydrogen-bond acceptors (Lipinski definition) is 5. The summed E-state index contributed by atoms with van der Waals surface area (Å²) >= 11 is 2.96. The number of rotatable bonds is 2. The van der Waals surface area contributed by atoms with Crippen LogP contribution in [-0.4, -0.2) is 22.0 Å². The standard InChI is InChI=1S/C26H21FN2O3S2/c1-11-4-2-3-5-14(11)17-18-15-10-16(21(18)33-23-22(17)34-26(32)28-23)20-19(15)24(30)29(25(20)31)13-8-6-12(27)7-9-13/h2-9,15-21H,10H2,1H3,(H,28,32)/t15-,16+,17-,18+,19-,20-,21-/m1/s1. The molecule has 172 valence electrons. The van der Waals surface area contributed by atoms with Gasteiger partial charge >= 0.3 is 4.87 Å². The van der Waals surface area contributed by atoms with Crippen LogP contribution in [0, 0.1) is 42.3 Å². The van der Waals surface area contributed by atoms with Crippen LogP contribution in [0.1, 0.15) is 28.3 Å². The SMILES string of the molecule is Cc1ccccc1[C@H]1c2sc(=O)[nH]c2S[C@@H]2[C@H]3C[C@@H]([C@H]4C(=O)N(c5ccc(F)cc5)C(=O)[C@H]34)[C@@H]12. The van der Waals surface area contributed by atoms with Gasteiger partial charge in [0.1, 0.15) is 5.82 Å². The predicted molar refractivity (Wildman–Crippen MR) is 129 cm³/mol. The monoisotopic (exact) mass is 492 g/mol.